The first-order valence-corrected chi connectivity index (χ1v) is 12.4. The Labute approximate surface area is 201 Å². The van der Waals surface area contributed by atoms with E-state index >= 15 is 0 Å². The predicted octanol–water partition coefficient (Wildman–Crippen LogP) is 4.42. The van der Waals surface area contributed by atoms with E-state index in [1.54, 1.807) is 35.9 Å². The van der Waals surface area contributed by atoms with Gasteiger partial charge in [-0.15, -0.1) is 0 Å². The fraction of sp³-hybridized carbons (Fsp3) is 0.120. The first-order chi connectivity index (χ1) is 16.5. The Morgan fingerprint density at radius 1 is 1.09 bits per heavy atom. The van der Waals surface area contributed by atoms with E-state index < -0.39 is 27.4 Å². The lowest BCUT2D eigenvalue weighted by Crippen LogP contribution is -2.12. The monoisotopic (exact) mass is 496 g/mol. The molecule has 4 rings (SSSR count). The molecule has 3 N–H and O–H groups in total. The summed E-state index contributed by atoms with van der Waals surface area (Å²) in [5, 5.41) is 2.73. The lowest BCUT2D eigenvalue weighted by Gasteiger charge is -2.12. The Hall–Kier alpha value is -4.05. The third kappa shape index (κ3) is 5.22. The molecule has 0 aliphatic rings. The summed E-state index contributed by atoms with van der Waals surface area (Å²) in [4.78, 5) is 17.5. The molecule has 1 amide bonds. The molecule has 0 aliphatic heterocycles. The summed E-state index contributed by atoms with van der Waals surface area (Å²) in [5.41, 5.74) is 8.03. The number of carbonyl (C=O) groups is 1. The number of hydrogen-bond acceptors (Lipinski definition) is 5. The highest BCUT2D eigenvalue weighted by molar-refractivity contribution is 7.90. The van der Waals surface area contributed by atoms with E-state index in [2.05, 4.69) is 10.3 Å². The van der Waals surface area contributed by atoms with E-state index in [4.69, 9.17) is 5.73 Å². The first kappa shape index (κ1) is 24.1. The number of rotatable bonds is 6. The van der Waals surface area contributed by atoms with Crippen molar-refractivity contribution in [3.63, 3.8) is 0 Å². The molecule has 0 fully saturated rings. The number of nitrogens with two attached hydrogens (primary N) is 1. The normalized spacial score (nSPS) is 11.4. The molecule has 35 heavy (non-hydrogen) atoms. The molecular formula is C25H22F2N4O3S. The number of hydrogen-bond donors (Lipinski definition) is 2. The average Bonchev–Trinajstić information content (AvgIpc) is 3.09. The van der Waals surface area contributed by atoms with Crippen molar-refractivity contribution in [1.82, 2.24) is 9.55 Å². The van der Waals surface area contributed by atoms with Gasteiger partial charge in [-0.05, 0) is 61.0 Å². The maximum atomic E-state index is 14.8. The molecule has 0 saturated heterocycles. The Bertz CT molecular complexity index is 1530. The Balaban J connectivity index is 1.74. The van der Waals surface area contributed by atoms with Gasteiger partial charge in [-0.25, -0.2) is 22.2 Å². The number of carbonyl (C=O) groups excluding carboxylic acids is 1. The summed E-state index contributed by atoms with van der Waals surface area (Å²) in [6.45, 7) is 1.86. The average molecular weight is 497 g/mol. The molecule has 0 atom stereocenters. The lowest BCUT2D eigenvalue weighted by atomic mass is 10.0. The third-order valence-electron chi connectivity index (χ3n) is 5.46. The summed E-state index contributed by atoms with van der Waals surface area (Å²) in [6.07, 6.45) is 2.66. The summed E-state index contributed by atoms with van der Waals surface area (Å²) in [7, 11) is -3.37. The van der Waals surface area contributed by atoms with Crippen molar-refractivity contribution >= 4 is 27.2 Å². The second-order valence-corrected chi connectivity index (χ2v) is 10.1. The van der Waals surface area contributed by atoms with Gasteiger partial charge in [0.15, 0.2) is 9.84 Å². The van der Waals surface area contributed by atoms with Gasteiger partial charge in [0.05, 0.1) is 28.4 Å². The van der Waals surface area contributed by atoms with Crippen LogP contribution < -0.4 is 11.1 Å². The van der Waals surface area contributed by atoms with Gasteiger partial charge in [-0.2, -0.15) is 0 Å². The molecule has 0 spiro atoms. The molecule has 2 aromatic heterocycles. The van der Waals surface area contributed by atoms with Gasteiger partial charge < -0.3 is 15.6 Å². The molecule has 0 unspecified atom stereocenters. The summed E-state index contributed by atoms with van der Waals surface area (Å²) >= 11 is 0. The number of halogens is 2. The van der Waals surface area contributed by atoms with Crippen LogP contribution in [0.25, 0.3) is 11.3 Å². The molecule has 7 nitrogen and oxygen atoms in total. The van der Waals surface area contributed by atoms with Crippen LogP contribution in [0, 0.1) is 18.6 Å². The number of benzene rings is 2. The van der Waals surface area contributed by atoms with Gasteiger partial charge in [0.1, 0.15) is 17.5 Å². The quantitative estimate of drug-likeness (QED) is 0.411. The van der Waals surface area contributed by atoms with Crippen molar-refractivity contribution in [3.05, 3.63) is 95.3 Å². The van der Waals surface area contributed by atoms with Gasteiger partial charge >= 0.3 is 0 Å². The molecule has 10 heteroatoms. The molecule has 0 radical (unpaired) electrons. The fourth-order valence-electron chi connectivity index (χ4n) is 3.80. The van der Waals surface area contributed by atoms with Crippen LogP contribution in [0.4, 0.5) is 20.3 Å². The largest absolute Gasteiger partial charge is 0.384 e. The van der Waals surface area contributed by atoms with Crippen molar-refractivity contribution in [3.8, 4) is 11.3 Å². The second-order valence-electron chi connectivity index (χ2n) is 8.07. The van der Waals surface area contributed by atoms with Gasteiger partial charge in [0, 0.05) is 29.8 Å². The zero-order valence-electron chi connectivity index (χ0n) is 18.9. The third-order valence-corrected chi connectivity index (χ3v) is 6.59. The van der Waals surface area contributed by atoms with E-state index in [9.17, 15) is 22.0 Å². The molecule has 4 aromatic rings. The van der Waals surface area contributed by atoms with Crippen LogP contribution in [-0.2, 0) is 16.4 Å². The molecular weight excluding hydrogens is 474 g/mol. The molecule has 0 saturated carbocycles. The zero-order chi connectivity index (χ0) is 25.3. The Morgan fingerprint density at radius 2 is 1.80 bits per heavy atom. The lowest BCUT2D eigenvalue weighted by molar-refractivity contribution is 0.102. The molecule has 0 bridgehead atoms. The second kappa shape index (κ2) is 9.30. The summed E-state index contributed by atoms with van der Waals surface area (Å²) < 4.78 is 53.3. The first-order valence-electron chi connectivity index (χ1n) is 10.5. The number of aromatic nitrogens is 2. The minimum atomic E-state index is -3.37. The van der Waals surface area contributed by atoms with E-state index in [1.807, 2.05) is 0 Å². The van der Waals surface area contributed by atoms with E-state index in [1.165, 1.54) is 30.3 Å². The van der Waals surface area contributed by atoms with Crippen molar-refractivity contribution in [2.75, 3.05) is 17.3 Å². The van der Waals surface area contributed by atoms with Crippen molar-refractivity contribution in [2.24, 2.45) is 0 Å². The fourth-order valence-corrected chi connectivity index (χ4v) is 4.43. The molecule has 2 aromatic carbocycles. The van der Waals surface area contributed by atoms with Gasteiger partial charge in [0.25, 0.3) is 5.91 Å². The number of sulfone groups is 1. The SMILES string of the molecule is Cc1c(C(=O)Nc2ccc(S(C)(=O)=O)cc2)cn(Cc2cccc(N)n2)c1-c1ccc(F)cc1F. The van der Waals surface area contributed by atoms with Crippen LogP contribution in [0.15, 0.2) is 71.8 Å². The minimum absolute atomic E-state index is 0.126. The van der Waals surface area contributed by atoms with Crippen LogP contribution in [0.2, 0.25) is 0 Å². The van der Waals surface area contributed by atoms with E-state index in [-0.39, 0.29) is 22.6 Å². The summed E-state index contributed by atoms with van der Waals surface area (Å²) in [6, 6.07) is 14.1. The molecule has 180 valence electrons. The Morgan fingerprint density at radius 3 is 2.43 bits per heavy atom. The number of pyridine rings is 1. The highest BCUT2D eigenvalue weighted by atomic mass is 32.2. The van der Waals surface area contributed by atoms with Crippen LogP contribution in [0.5, 0.6) is 0 Å². The van der Waals surface area contributed by atoms with Crippen LogP contribution in [-0.4, -0.2) is 30.1 Å². The highest BCUT2D eigenvalue weighted by Gasteiger charge is 2.22. The Kier molecular flexibility index (Phi) is 6.40. The maximum Gasteiger partial charge on any atom is 0.257 e. The minimum Gasteiger partial charge on any atom is -0.384 e. The highest BCUT2D eigenvalue weighted by Crippen LogP contribution is 2.31. The number of amides is 1. The maximum absolute atomic E-state index is 14.8. The summed E-state index contributed by atoms with van der Waals surface area (Å²) in [5.74, 6) is -1.64. The number of nitrogens with zero attached hydrogens (tertiary/aromatic N) is 2. The van der Waals surface area contributed by atoms with Crippen molar-refractivity contribution in [2.45, 2.75) is 18.4 Å². The number of anilines is 2. The predicted molar refractivity (Wildman–Crippen MR) is 130 cm³/mol. The van der Waals surface area contributed by atoms with Crippen LogP contribution in [0.1, 0.15) is 21.6 Å². The topological polar surface area (TPSA) is 107 Å². The van der Waals surface area contributed by atoms with Crippen molar-refractivity contribution < 1.29 is 22.0 Å². The van der Waals surface area contributed by atoms with Crippen molar-refractivity contribution in [1.29, 1.82) is 0 Å². The van der Waals surface area contributed by atoms with E-state index in [0.717, 1.165) is 18.4 Å². The smallest absolute Gasteiger partial charge is 0.257 e. The van der Waals surface area contributed by atoms with Crippen LogP contribution >= 0.6 is 0 Å². The van der Waals surface area contributed by atoms with Gasteiger partial charge in [-0.1, -0.05) is 6.07 Å². The molecule has 0 aliphatic carbocycles. The van der Waals surface area contributed by atoms with Gasteiger partial charge in [-0.3, -0.25) is 4.79 Å². The zero-order valence-corrected chi connectivity index (χ0v) is 19.7. The molecule has 2 heterocycles. The number of nitrogen functional groups attached to an aromatic ring is 1. The van der Waals surface area contributed by atoms with Gasteiger partial charge in [0.2, 0.25) is 0 Å². The standard InChI is InChI=1S/C25H22F2N4O3S/c1-15-21(25(32)30-17-7-9-19(10-8-17)35(2,33)34)14-31(13-18-4-3-5-23(28)29-18)24(15)20-11-6-16(26)12-22(20)27/h3-12,14H,13H2,1-2H3,(H2,28,29)(H,30,32). The van der Waals surface area contributed by atoms with E-state index in [0.29, 0.717) is 28.5 Å². The van der Waals surface area contributed by atoms with Crippen LogP contribution in [0.3, 0.4) is 0 Å². The number of nitrogens with one attached hydrogen (secondary N) is 1.